The molecule has 2 aromatic heterocycles. The molecule has 0 saturated carbocycles. The van der Waals surface area contributed by atoms with Gasteiger partial charge in [0.05, 0.1) is 23.1 Å². The van der Waals surface area contributed by atoms with E-state index in [9.17, 15) is 9.18 Å². The molecule has 1 N–H and O–H groups in total. The van der Waals surface area contributed by atoms with Crippen molar-refractivity contribution in [3.8, 4) is 0 Å². The number of carbonyl (C=O) groups excluding carboxylic acids is 1. The molecule has 3 rings (SSSR count). The Morgan fingerprint density at radius 2 is 2.22 bits per heavy atom. The number of rotatable bonds is 5. The van der Waals surface area contributed by atoms with Gasteiger partial charge in [0.2, 0.25) is 5.91 Å². The number of hydrogen-bond acceptors (Lipinski definition) is 4. The van der Waals surface area contributed by atoms with Crippen molar-refractivity contribution in [1.29, 1.82) is 0 Å². The van der Waals surface area contributed by atoms with Crippen molar-refractivity contribution in [3.63, 3.8) is 0 Å². The van der Waals surface area contributed by atoms with Crippen molar-refractivity contribution in [3.05, 3.63) is 54.1 Å². The highest BCUT2D eigenvalue weighted by Gasteiger charge is 2.12. The Balaban J connectivity index is 1.59. The molecule has 0 atom stereocenters. The van der Waals surface area contributed by atoms with Crippen molar-refractivity contribution < 1.29 is 9.18 Å². The number of carbonyl (C=O) groups is 1. The maximum atomic E-state index is 13.2. The van der Waals surface area contributed by atoms with Crippen molar-refractivity contribution in [2.45, 2.75) is 12.8 Å². The van der Waals surface area contributed by atoms with Gasteiger partial charge >= 0.3 is 0 Å². The molecule has 0 saturated heterocycles. The summed E-state index contributed by atoms with van der Waals surface area (Å²) in [7, 11) is 1.74. The van der Waals surface area contributed by atoms with Gasteiger partial charge in [-0.1, -0.05) is 0 Å². The number of aromatic nitrogens is 4. The molecule has 0 aliphatic heterocycles. The van der Waals surface area contributed by atoms with E-state index in [1.54, 1.807) is 36.6 Å². The first kappa shape index (κ1) is 15.1. The van der Waals surface area contributed by atoms with Gasteiger partial charge in [-0.25, -0.2) is 9.37 Å². The molecule has 0 radical (unpaired) electrons. The maximum Gasteiger partial charge on any atom is 0.228 e. The van der Waals surface area contributed by atoms with E-state index in [-0.39, 0.29) is 18.1 Å². The van der Waals surface area contributed by atoms with Crippen molar-refractivity contribution in [2.75, 3.05) is 13.6 Å². The van der Waals surface area contributed by atoms with Crippen molar-refractivity contribution in [2.24, 2.45) is 0 Å². The molecule has 2 heterocycles. The number of nitrogens with one attached hydrogen (secondary N) is 1. The minimum atomic E-state index is -0.302. The van der Waals surface area contributed by atoms with Crippen LogP contribution in [0.2, 0.25) is 0 Å². The second kappa shape index (κ2) is 6.51. The van der Waals surface area contributed by atoms with Crippen LogP contribution in [0, 0.1) is 5.82 Å². The van der Waals surface area contributed by atoms with Crippen molar-refractivity contribution >= 4 is 16.9 Å². The van der Waals surface area contributed by atoms with Gasteiger partial charge in [-0.3, -0.25) is 14.8 Å². The predicted octanol–water partition coefficient (Wildman–Crippen LogP) is 1.74. The monoisotopic (exact) mass is 313 g/mol. The summed E-state index contributed by atoms with van der Waals surface area (Å²) in [6.45, 7) is 0.515. The van der Waals surface area contributed by atoms with E-state index in [1.165, 1.54) is 12.1 Å². The Morgan fingerprint density at radius 1 is 1.35 bits per heavy atom. The second-order valence-electron chi connectivity index (χ2n) is 5.28. The van der Waals surface area contributed by atoms with Crippen LogP contribution in [0.4, 0.5) is 4.39 Å². The second-order valence-corrected chi connectivity index (χ2v) is 5.28. The number of hydrogen-bond donors (Lipinski definition) is 1. The average Bonchev–Trinajstić information content (AvgIpc) is 2.95. The van der Waals surface area contributed by atoms with E-state index in [0.29, 0.717) is 24.2 Å². The van der Waals surface area contributed by atoms with E-state index in [1.807, 2.05) is 0 Å². The zero-order chi connectivity index (χ0) is 16.2. The van der Waals surface area contributed by atoms with Gasteiger partial charge in [0.25, 0.3) is 0 Å². The van der Waals surface area contributed by atoms with Crippen LogP contribution in [0.15, 0.2) is 36.8 Å². The van der Waals surface area contributed by atoms with Crippen LogP contribution in [-0.2, 0) is 17.6 Å². The molecule has 0 fully saturated rings. The molecular formula is C16H16FN5O. The zero-order valence-corrected chi connectivity index (χ0v) is 12.7. The summed E-state index contributed by atoms with van der Waals surface area (Å²) >= 11 is 0. The highest BCUT2D eigenvalue weighted by Crippen LogP contribution is 2.13. The molecule has 0 aliphatic rings. The number of nitrogens with zero attached hydrogens (tertiary/aromatic N) is 4. The molecule has 0 spiro atoms. The first-order valence-corrected chi connectivity index (χ1v) is 7.25. The Labute approximate surface area is 132 Å². The molecule has 118 valence electrons. The minimum absolute atomic E-state index is 0.0346. The fourth-order valence-corrected chi connectivity index (χ4v) is 2.26. The molecule has 1 amide bonds. The zero-order valence-electron chi connectivity index (χ0n) is 12.7. The molecule has 0 bridgehead atoms. The summed E-state index contributed by atoms with van der Waals surface area (Å²) in [5.74, 6) is 0.390. The fraction of sp³-hybridized carbons (Fsp3) is 0.250. The van der Waals surface area contributed by atoms with Gasteiger partial charge in [0.15, 0.2) is 0 Å². The molecule has 1 aromatic carbocycles. The van der Waals surface area contributed by atoms with Gasteiger partial charge in [0, 0.05) is 38.6 Å². The Morgan fingerprint density at radius 3 is 3.00 bits per heavy atom. The van der Waals surface area contributed by atoms with Gasteiger partial charge < -0.3 is 9.88 Å². The normalized spacial score (nSPS) is 10.9. The number of benzene rings is 1. The Kier molecular flexibility index (Phi) is 4.27. The number of fused-ring (bicyclic) bond motifs is 1. The summed E-state index contributed by atoms with van der Waals surface area (Å²) in [5.41, 5.74) is 2.02. The van der Waals surface area contributed by atoms with E-state index in [0.717, 1.165) is 11.3 Å². The van der Waals surface area contributed by atoms with Crippen LogP contribution in [0.25, 0.3) is 11.0 Å². The number of imidazole rings is 1. The van der Waals surface area contributed by atoms with Gasteiger partial charge in [-0.15, -0.1) is 0 Å². The summed E-state index contributed by atoms with van der Waals surface area (Å²) < 4.78 is 13.2. The smallest absolute Gasteiger partial charge is 0.228 e. The van der Waals surface area contributed by atoms with Crippen molar-refractivity contribution in [1.82, 2.24) is 24.8 Å². The third-order valence-electron chi connectivity index (χ3n) is 3.55. The van der Waals surface area contributed by atoms with Crippen LogP contribution in [0.1, 0.15) is 11.5 Å². The molecule has 23 heavy (non-hydrogen) atoms. The number of amides is 1. The summed E-state index contributed by atoms with van der Waals surface area (Å²) in [4.78, 5) is 29.2. The first-order chi connectivity index (χ1) is 11.1. The van der Waals surface area contributed by atoms with E-state index >= 15 is 0 Å². The highest BCUT2D eigenvalue weighted by molar-refractivity contribution is 5.78. The molecule has 7 heteroatoms. The van der Waals surface area contributed by atoms with Crippen LogP contribution >= 0.6 is 0 Å². The first-order valence-electron chi connectivity index (χ1n) is 7.25. The topological polar surface area (TPSA) is 74.8 Å². The molecular weight excluding hydrogens is 297 g/mol. The van der Waals surface area contributed by atoms with Gasteiger partial charge in [-0.2, -0.15) is 0 Å². The largest absolute Gasteiger partial charge is 0.345 e. The van der Waals surface area contributed by atoms with Gasteiger partial charge in [0.1, 0.15) is 11.6 Å². The van der Waals surface area contributed by atoms with Crippen LogP contribution in [0.3, 0.4) is 0 Å². The van der Waals surface area contributed by atoms with Crippen LogP contribution in [-0.4, -0.2) is 44.3 Å². The number of aromatic amines is 1. The molecule has 0 aliphatic carbocycles. The Bertz CT molecular complexity index is 818. The summed E-state index contributed by atoms with van der Waals surface area (Å²) in [5, 5.41) is 0. The SMILES string of the molecule is CN(CCc1nc2ccc(F)cc2[nH]1)C(=O)Cc1cnccn1. The number of H-pyrrole nitrogens is 1. The lowest BCUT2D eigenvalue weighted by Gasteiger charge is -2.16. The Hall–Kier alpha value is -2.83. The van der Waals surface area contributed by atoms with E-state index in [4.69, 9.17) is 0 Å². The van der Waals surface area contributed by atoms with E-state index < -0.39 is 0 Å². The third-order valence-corrected chi connectivity index (χ3v) is 3.55. The lowest BCUT2D eigenvalue weighted by molar-refractivity contribution is -0.129. The predicted molar refractivity (Wildman–Crippen MR) is 83.1 cm³/mol. The molecule has 6 nitrogen and oxygen atoms in total. The lowest BCUT2D eigenvalue weighted by Crippen LogP contribution is -2.30. The van der Waals surface area contributed by atoms with Gasteiger partial charge in [-0.05, 0) is 18.2 Å². The number of likely N-dealkylation sites (N-methyl/N-ethyl adjacent to an activating group) is 1. The lowest BCUT2D eigenvalue weighted by atomic mass is 10.3. The highest BCUT2D eigenvalue weighted by atomic mass is 19.1. The standard InChI is InChI=1S/C16H16FN5O/c1-22(16(23)9-12-10-18-5-6-19-12)7-4-15-20-13-3-2-11(17)8-14(13)21-15/h2-3,5-6,8,10H,4,7,9H2,1H3,(H,20,21). The van der Waals surface area contributed by atoms with E-state index in [2.05, 4.69) is 19.9 Å². The third kappa shape index (κ3) is 3.68. The average molecular weight is 313 g/mol. The minimum Gasteiger partial charge on any atom is -0.345 e. The molecule has 0 unspecified atom stereocenters. The fourth-order valence-electron chi connectivity index (χ4n) is 2.26. The maximum absolute atomic E-state index is 13.2. The molecule has 3 aromatic rings. The quantitative estimate of drug-likeness (QED) is 0.778. The van der Waals surface area contributed by atoms with Crippen LogP contribution in [0.5, 0.6) is 0 Å². The summed E-state index contributed by atoms with van der Waals surface area (Å²) in [6.07, 6.45) is 5.51. The van der Waals surface area contributed by atoms with Crippen LogP contribution < -0.4 is 0 Å². The summed E-state index contributed by atoms with van der Waals surface area (Å²) in [6, 6.07) is 4.42. The number of halogens is 1.